The molecule has 42 heteroatoms. The van der Waals surface area contributed by atoms with Gasteiger partial charge in [0.05, 0.1) is 125 Å². The Morgan fingerprint density at radius 1 is 0.273 bits per heavy atom. The first-order valence-electron chi connectivity index (χ1n) is 36.4. The maximum absolute atomic E-state index is 12.3. The molecule has 0 aromatic heterocycles. The van der Waals surface area contributed by atoms with Gasteiger partial charge in [0.1, 0.15) is 32.9 Å². The number of rotatable bonds is 70. The van der Waals surface area contributed by atoms with Crippen LogP contribution in [0.4, 0.5) is 0 Å². The molecule has 0 saturated carbocycles. The van der Waals surface area contributed by atoms with E-state index in [1.807, 2.05) is 0 Å². The van der Waals surface area contributed by atoms with Crippen molar-refractivity contribution in [2.24, 2.45) is 11.5 Å². The molecule has 110 heavy (non-hydrogen) atoms. The molecule has 644 valence electrons. The van der Waals surface area contributed by atoms with E-state index in [9.17, 15) is 86.4 Å². The number of aliphatic carboxylic acids is 2. The van der Waals surface area contributed by atoms with E-state index in [1.54, 1.807) is 83.1 Å². The molecule has 2 amide bonds. The molecule has 0 aromatic rings. The molecular weight excluding hydrogens is 1610 g/mol. The summed E-state index contributed by atoms with van der Waals surface area (Å²) >= 11 is 3.54. The van der Waals surface area contributed by atoms with Gasteiger partial charge in [0.2, 0.25) is 0 Å². The third-order valence-electron chi connectivity index (χ3n) is 13.0. The Hall–Kier alpha value is -2.36. The molecule has 0 spiro atoms. The van der Waals surface area contributed by atoms with Crippen molar-refractivity contribution in [3.8, 4) is 0 Å². The average Bonchev–Trinajstić information content (AvgIpc) is 0.895. The van der Waals surface area contributed by atoms with Crippen LogP contribution in [-0.4, -0.2) is 228 Å². The molecule has 4 unspecified atom stereocenters. The van der Waals surface area contributed by atoms with Crippen LogP contribution < -0.4 is 11.5 Å². The first-order chi connectivity index (χ1) is 51.1. The number of thioether (sulfide) groups is 4. The summed E-state index contributed by atoms with van der Waals surface area (Å²) in [5.41, 5.74) is 7.68. The molecule has 0 aliphatic carbocycles. The number of hydrogen-bond donors (Lipinski definition) is 8. The summed E-state index contributed by atoms with van der Waals surface area (Å²) in [5, 5.41) is 19.4. The molecule has 0 aliphatic rings. The van der Waals surface area contributed by atoms with E-state index >= 15 is 0 Å². The van der Waals surface area contributed by atoms with Gasteiger partial charge in [-0.3, -0.25) is 65.0 Å². The maximum atomic E-state index is 12.3. The van der Waals surface area contributed by atoms with Crippen LogP contribution in [0.25, 0.3) is 0 Å². The lowest BCUT2D eigenvalue weighted by molar-refractivity contribution is -0.132. The van der Waals surface area contributed by atoms with Gasteiger partial charge in [-0.25, -0.2) is 27.8 Å². The quantitative estimate of drug-likeness (QED) is 0.0159. The summed E-state index contributed by atoms with van der Waals surface area (Å²) in [6, 6.07) is 0. The van der Waals surface area contributed by atoms with E-state index in [1.165, 1.54) is 0 Å². The molecule has 10 N–H and O–H groups in total. The number of nitrogens with two attached hydrogens (primary N) is 2. The van der Waals surface area contributed by atoms with Crippen LogP contribution in [0.2, 0.25) is 0 Å². The van der Waals surface area contributed by atoms with Gasteiger partial charge in [-0.1, -0.05) is 38.5 Å². The van der Waals surface area contributed by atoms with Crippen LogP contribution in [0.15, 0.2) is 19.6 Å². The van der Waals surface area contributed by atoms with Gasteiger partial charge in [0, 0.05) is 87.6 Å². The van der Waals surface area contributed by atoms with E-state index in [-0.39, 0.29) is 170 Å². The van der Waals surface area contributed by atoms with Gasteiger partial charge in [-0.05, 0) is 122 Å². The number of carboxylic acid groups (broad SMARTS) is 2. The number of phosphoric ester groups is 4. The largest absolute Gasteiger partial charge is 0.477 e. The molecule has 0 bridgehead atoms. The summed E-state index contributed by atoms with van der Waals surface area (Å²) in [6.45, 7) is 22.9. The minimum Gasteiger partial charge on any atom is -0.477 e. The second-order valence-electron chi connectivity index (χ2n) is 28.1. The SMILES string of the molecule is CC(C)(C)OP(=O)(O)OCCCCCCCC(=O)CCS/C(C(=O)O)=C(\SCCC(=O)CCCOCCOCCOCCOP(=O)(O)OC(C)(C)C)C(N)=O.CC(C)(C)OP(=O)(O)OCCCCCCCC(=O)CCS/C(C(N)=O)=C(\SCCC(=O)CCCOCCOCCOCCOP(=O)(O)OC(C)(C)C)C(=O)O. The van der Waals surface area contributed by atoms with Crippen LogP contribution in [0.1, 0.15) is 212 Å². The minimum absolute atomic E-state index is 0.0262. The predicted octanol–water partition coefficient (Wildman–Crippen LogP) is 12.4. The number of unbranched alkanes of at least 4 members (excludes halogenated alkanes) is 8. The number of carboxylic acids is 2. The highest BCUT2D eigenvalue weighted by atomic mass is 32.2. The first kappa shape index (κ1) is 110. The van der Waals surface area contributed by atoms with Gasteiger partial charge in [-0.2, -0.15) is 0 Å². The van der Waals surface area contributed by atoms with Crippen LogP contribution in [0.5, 0.6) is 0 Å². The van der Waals surface area contributed by atoms with Crippen molar-refractivity contribution in [3.63, 3.8) is 0 Å². The Bertz CT molecular complexity index is 2760. The van der Waals surface area contributed by atoms with E-state index in [0.29, 0.717) is 91.0 Å². The Labute approximate surface area is 666 Å². The lowest BCUT2D eigenvalue weighted by Gasteiger charge is -2.22. The smallest absolute Gasteiger partial charge is 0.472 e. The highest BCUT2D eigenvalue weighted by Gasteiger charge is 2.32. The molecule has 0 aliphatic heterocycles. The molecule has 0 fully saturated rings. The van der Waals surface area contributed by atoms with E-state index in [2.05, 4.69) is 0 Å². The van der Waals surface area contributed by atoms with Crippen molar-refractivity contribution in [2.75, 3.05) is 129 Å². The van der Waals surface area contributed by atoms with Crippen molar-refractivity contribution in [3.05, 3.63) is 19.6 Å². The van der Waals surface area contributed by atoms with Crippen molar-refractivity contribution >= 4 is 125 Å². The average molecular weight is 1740 g/mol. The van der Waals surface area contributed by atoms with Crippen LogP contribution in [0, 0.1) is 0 Å². The second-order valence-corrected chi connectivity index (χ2v) is 38.1. The summed E-state index contributed by atoms with van der Waals surface area (Å²) in [5.74, 6) is -4.09. The predicted molar refractivity (Wildman–Crippen MR) is 421 cm³/mol. The number of hydrogen-bond acceptors (Lipinski definition) is 30. The highest BCUT2D eigenvalue weighted by molar-refractivity contribution is 8.08. The second kappa shape index (κ2) is 61.0. The Balaban J connectivity index is 0. The number of phosphoric acid groups is 4. The van der Waals surface area contributed by atoms with E-state index < -0.39 is 77.4 Å². The van der Waals surface area contributed by atoms with Crippen LogP contribution >= 0.6 is 78.3 Å². The lowest BCUT2D eigenvalue weighted by atomic mass is 10.1. The number of carbonyl (C=O) groups is 8. The molecule has 0 saturated heterocycles. The fourth-order valence-corrected chi connectivity index (χ4v) is 17.1. The summed E-state index contributed by atoms with van der Waals surface area (Å²) in [4.78, 5) is 135. The van der Waals surface area contributed by atoms with Crippen LogP contribution in [-0.2, 0) is 121 Å². The topological polar surface area (TPSA) is 507 Å². The number of ketones is 4. The zero-order chi connectivity index (χ0) is 83.9. The summed E-state index contributed by atoms with van der Waals surface area (Å²) in [7, 11) is -16.5. The maximum Gasteiger partial charge on any atom is 0.472 e. The zero-order valence-corrected chi connectivity index (χ0v) is 73.0. The van der Waals surface area contributed by atoms with Gasteiger partial charge < -0.3 is 69.7 Å². The monoisotopic (exact) mass is 1730 g/mol. The molecule has 0 radical (unpaired) electrons. The van der Waals surface area contributed by atoms with Crippen molar-refractivity contribution < 1.29 is 151 Å². The first-order valence-corrected chi connectivity index (χ1v) is 46.3. The Morgan fingerprint density at radius 2 is 0.473 bits per heavy atom. The standard InChI is InChI=1S/2C34H63NO16P2S2/c1-33(2,3)50-52(41,42)48-18-11-9-7-8-10-13-27(36)16-26-55-30(32(39)40)29(31(35)38)54-25-15-28(37)14-12-17-45-19-20-46-21-22-47-23-24-49-53(43,44)51-34(4,5)6;1-33(2,3)50-52(41,42)48-18-11-9-7-8-10-13-27(36)15-25-54-29(31(35)38)30(32(39)40)55-26-16-28(37)14-12-17-45-19-20-46-21-22-47-23-24-49-53(43,44)51-34(4,5)6/h2*7-26H2,1-6H3,(H2,35,38)(H,39,40)(H,41,42)(H,43,44)/b2*30-29-. The number of Topliss-reactive ketones (excluding diaryl/α,β-unsaturated/α-hetero) is 4. The molecule has 0 heterocycles. The minimum atomic E-state index is -4.15. The highest BCUT2D eigenvalue weighted by Crippen LogP contribution is 2.50. The molecular formula is C68H126N2O32P4S4. The van der Waals surface area contributed by atoms with E-state index in [0.717, 1.165) is 85.6 Å². The normalized spacial score (nSPS) is 14.9. The summed E-state index contributed by atoms with van der Waals surface area (Å²) < 4.78 is 119. The third kappa shape index (κ3) is 71.0. The molecule has 4 atom stereocenters. The van der Waals surface area contributed by atoms with E-state index in [4.69, 9.17) is 76.1 Å². The fourth-order valence-electron chi connectivity index (χ4n) is 8.52. The van der Waals surface area contributed by atoms with Gasteiger partial charge in [0.15, 0.2) is 0 Å². The third-order valence-corrected chi connectivity index (χ3v) is 22.7. The molecule has 34 nitrogen and oxygen atoms in total. The number of ether oxygens (including phenoxy) is 6. The van der Waals surface area contributed by atoms with Crippen molar-refractivity contribution in [2.45, 2.75) is 234 Å². The Kier molecular flexibility index (Phi) is 60.9. The van der Waals surface area contributed by atoms with Crippen molar-refractivity contribution in [1.82, 2.24) is 0 Å². The number of primary amides is 2. The molecule has 0 rings (SSSR count). The zero-order valence-electron chi connectivity index (χ0n) is 66.2. The fraction of sp³-hybridized carbons (Fsp3) is 0.824. The number of amides is 2. The molecule has 0 aromatic carbocycles. The van der Waals surface area contributed by atoms with Gasteiger partial charge in [-0.15, -0.1) is 47.0 Å². The van der Waals surface area contributed by atoms with Crippen molar-refractivity contribution in [1.29, 1.82) is 0 Å². The Morgan fingerprint density at radius 3 is 0.709 bits per heavy atom. The van der Waals surface area contributed by atoms with Gasteiger partial charge in [0.25, 0.3) is 11.8 Å². The lowest BCUT2D eigenvalue weighted by Crippen LogP contribution is -2.19. The van der Waals surface area contributed by atoms with Crippen LogP contribution in [0.3, 0.4) is 0 Å². The van der Waals surface area contributed by atoms with Gasteiger partial charge >= 0.3 is 43.2 Å². The summed E-state index contributed by atoms with van der Waals surface area (Å²) in [6.07, 6.45) is 9.68. The number of carbonyl (C=O) groups excluding carboxylic acids is 6.